The molecule has 3 N–H and O–H groups in total. The van der Waals surface area contributed by atoms with Crippen LogP contribution in [0.25, 0.3) is 0 Å². The fourth-order valence-electron chi connectivity index (χ4n) is 0.944. The maximum Gasteiger partial charge on any atom is 0.268 e. The Balaban J connectivity index is 3.70. The molecule has 5 nitrogen and oxygen atoms in total. The third-order valence-corrected chi connectivity index (χ3v) is 2.70. The van der Waals surface area contributed by atoms with Crippen molar-refractivity contribution in [1.29, 1.82) is 0 Å². The summed E-state index contributed by atoms with van der Waals surface area (Å²) in [5.41, 5.74) is -1.92. The van der Waals surface area contributed by atoms with Gasteiger partial charge in [0.1, 0.15) is 0 Å². The molecule has 0 aliphatic carbocycles. The highest BCUT2D eigenvalue weighted by Gasteiger charge is 2.25. The SMILES string of the molecule is NS(=O)(=O)c1[nH]c(=O)cc(Cl)c1C(F)F. The van der Waals surface area contributed by atoms with E-state index in [1.165, 1.54) is 0 Å². The minimum absolute atomic E-state index is 0.641. The Kier molecular flexibility index (Phi) is 3.12. The molecule has 1 heterocycles. The molecule has 1 aromatic heterocycles. The van der Waals surface area contributed by atoms with Crippen LogP contribution < -0.4 is 10.7 Å². The molecule has 0 saturated carbocycles. The average Bonchev–Trinajstić information content (AvgIpc) is 1.99. The molecule has 0 aliphatic rings. The first-order valence-electron chi connectivity index (χ1n) is 3.47. The van der Waals surface area contributed by atoms with Crippen molar-refractivity contribution in [2.24, 2.45) is 5.14 Å². The number of aromatic nitrogens is 1. The standard InChI is InChI=1S/C6H5ClF2N2O3S/c7-2-1-3(12)11-6(15(10,13)14)4(2)5(8)9/h1,5H,(H,11,12)(H2,10,13,14). The summed E-state index contributed by atoms with van der Waals surface area (Å²) in [5.74, 6) is 0. The number of H-pyrrole nitrogens is 1. The molecule has 0 bridgehead atoms. The van der Waals surface area contributed by atoms with Gasteiger partial charge in [-0.15, -0.1) is 0 Å². The normalized spacial score (nSPS) is 12.1. The number of aromatic amines is 1. The molecule has 1 rings (SSSR count). The fraction of sp³-hybridized carbons (Fsp3) is 0.167. The molecule has 0 atom stereocenters. The summed E-state index contributed by atoms with van der Waals surface area (Å²) in [7, 11) is -4.44. The van der Waals surface area contributed by atoms with E-state index in [-0.39, 0.29) is 0 Å². The van der Waals surface area contributed by atoms with Crippen LogP contribution in [0.1, 0.15) is 12.0 Å². The molecule has 84 valence electrons. The van der Waals surface area contributed by atoms with E-state index in [0.29, 0.717) is 6.07 Å². The second-order valence-electron chi connectivity index (χ2n) is 2.57. The largest absolute Gasteiger partial charge is 0.311 e. The number of nitrogens with one attached hydrogen (secondary N) is 1. The van der Waals surface area contributed by atoms with Crippen molar-refractivity contribution in [3.05, 3.63) is 27.0 Å². The van der Waals surface area contributed by atoms with E-state index < -0.39 is 37.6 Å². The van der Waals surface area contributed by atoms with Crippen LogP contribution in [0.3, 0.4) is 0 Å². The van der Waals surface area contributed by atoms with E-state index in [0.717, 1.165) is 0 Å². The Morgan fingerprint density at radius 1 is 1.47 bits per heavy atom. The second-order valence-corrected chi connectivity index (χ2v) is 4.48. The molecular formula is C6H5ClF2N2O3S. The van der Waals surface area contributed by atoms with E-state index in [1.807, 2.05) is 0 Å². The number of sulfonamides is 1. The number of hydrogen-bond acceptors (Lipinski definition) is 3. The predicted molar refractivity (Wildman–Crippen MR) is 48.4 cm³/mol. The van der Waals surface area contributed by atoms with Gasteiger partial charge in [-0.05, 0) is 0 Å². The lowest BCUT2D eigenvalue weighted by Crippen LogP contribution is -2.21. The minimum atomic E-state index is -4.44. The maximum absolute atomic E-state index is 12.4. The van der Waals surface area contributed by atoms with E-state index >= 15 is 0 Å². The Hall–Kier alpha value is -0.990. The Morgan fingerprint density at radius 2 is 2.00 bits per heavy atom. The van der Waals surface area contributed by atoms with Crippen molar-refractivity contribution in [3.63, 3.8) is 0 Å². The highest BCUT2D eigenvalue weighted by atomic mass is 35.5. The van der Waals surface area contributed by atoms with Crippen molar-refractivity contribution in [1.82, 2.24) is 4.98 Å². The van der Waals surface area contributed by atoms with Gasteiger partial charge in [0.25, 0.3) is 16.4 Å². The lowest BCUT2D eigenvalue weighted by atomic mass is 10.3. The lowest BCUT2D eigenvalue weighted by Gasteiger charge is -2.07. The Labute approximate surface area is 87.9 Å². The van der Waals surface area contributed by atoms with Gasteiger partial charge in [0.15, 0.2) is 5.03 Å². The number of primary sulfonamides is 1. The zero-order chi connectivity index (χ0) is 11.8. The number of rotatable bonds is 2. The van der Waals surface area contributed by atoms with E-state index in [1.54, 1.807) is 4.98 Å². The van der Waals surface area contributed by atoms with E-state index in [2.05, 4.69) is 5.14 Å². The summed E-state index contributed by atoms with van der Waals surface area (Å²) < 4.78 is 46.6. The molecule has 1 aromatic rings. The third kappa shape index (κ3) is 2.52. The van der Waals surface area contributed by atoms with Gasteiger partial charge in [0.05, 0.1) is 10.6 Å². The topological polar surface area (TPSA) is 93.0 Å². The summed E-state index contributed by atoms with van der Waals surface area (Å²) in [5, 5.41) is 2.94. The van der Waals surface area contributed by atoms with Crippen LogP contribution in [0.5, 0.6) is 0 Å². The Bertz CT molecular complexity index is 540. The van der Waals surface area contributed by atoms with Crippen LogP contribution >= 0.6 is 11.6 Å². The number of pyridine rings is 1. The maximum atomic E-state index is 12.4. The van der Waals surface area contributed by atoms with E-state index in [9.17, 15) is 22.0 Å². The van der Waals surface area contributed by atoms with Crippen LogP contribution in [0.2, 0.25) is 5.02 Å². The molecule has 15 heavy (non-hydrogen) atoms. The summed E-state index contributed by atoms with van der Waals surface area (Å²) in [6.07, 6.45) is -3.15. The lowest BCUT2D eigenvalue weighted by molar-refractivity contribution is 0.147. The van der Waals surface area contributed by atoms with Crippen molar-refractivity contribution < 1.29 is 17.2 Å². The molecule has 0 amide bonds. The monoisotopic (exact) mass is 258 g/mol. The van der Waals surface area contributed by atoms with Crippen molar-refractivity contribution >= 4 is 21.6 Å². The summed E-state index contributed by atoms with van der Waals surface area (Å²) >= 11 is 5.32. The van der Waals surface area contributed by atoms with Crippen LogP contribution in [-0.4, -0.2) is 13.4 Å². The molecule has 0 unspecified atom stereocenters. The van der Waals surface area contributed by atoms with Gasteiger partial charge >= 0.3 is 0 Å². The fourth-order valence-corrected chi connectivity index (χ4v) is 2.02. The highest BCUT2D eigenvalue weighted by molar-refractivity contribution is 7.89. The van der Waals surface area contributed by atoms with Crippen molar-refractivity contribution in [2.75, 3.05) is 0 Å². The van der Waals surface area contributed by atoms with Crippen LogP contribution in [0.15, 0.2) is 15.9 Å². The zero-order valence-electron chi connectivity index (χ0n) is 7.00. The third-order valence-electron chi connectivity index (χ3n) is 1.50. The molecule has 9 heteroatoms. The smallest absolute Gasteiger partial charge is 0.268 e. The molecule has 0 radical (unpaired) electrons. The number of alkyl halides is 2. The molecule has 0 saturated heterocycles. The van der Waals surface area contributed by atoms with Gasteiger partial charge in [0, 0.05) is 6.07 Å². The highest BCUT2D eigenvalue weighted by Crippen LogP contribution is 2.29. The Morgan fingerprint density at radius 3 is 2.40 bits per heavy atom. The van der Waals surface area contributed by atoms with Gasteiger partial charge in [-0.1, -0.05) is 11.6 Å². The van der Waals surface area contributed by atoms with Gasteiger partial charge in [-0.3, -0.25) is 4.79 Å². The summed E-state index contributed by atoms with van der Waals surface area (Å²) in [6, 6.07) is 0.651. The summed E-state index contributed by atoms with van der Waals surface area (Å²) in [4.78, 5) is 12.5. The molecular weight excluding hydrogens is 254 g/mol. The quantitative estimate of drug-likeness (QED) is 0.814. The summed E-state index contributed by atoms with van der Waals surface area (Å²) in [6.45, 7) is 0. The van der Waals surface area contributed by atoms with Gasteiger partial charge < -0.3 is 4.98 Å². The van der Waals surface area contributed by atoms with Gasteiger partial charge in [-0.25, -0.2) is 22.3 Å². The first kappa shape index (κ1) is 12.1. The number of nitrogens with two attached hydrogens (primary N) is 1. The molecule has 0 spiro atoms. The van der Waals surface area contributed by atoms with Crippen LogP contribution in [0, 0.1) is 0 Å². The van der Waals surface area contributed by atoms with Crippen LogP contribution in [0.4, 0.5) is 8.78 Å². The average molecular weight is 259 g/mol. The predicted octanol–water partition coefficient (Wildman–Crippen LogP) is 0.613. The first-order valence-corrected chi connectivity index (χ1v) is 5.39. The zero-order valence-corrected chi connectivity index (χ0v) is 8.57. The van der Waals surface area contributed by atoms with Gasteiger partial charge in [0.2, 0.25) is 5.56 Å². The first-order chi connectivity index (χ1) is 6.73. The van der Waals surface area contributed by atoms with Crippen molar-refractivity contribution in [3.8, 4) is 0 Å². The molecule has 0 aliphatic heterocycles. The van der Waals surface area contributed by atoms with E-state index in [4.69, 9.17) is 11.6 Å². The minimum Gasteiger partial charge on any atom is -0.311 e. The van der Waals surface area contributed by atoms with Gasteiger partial charge in [-0.2, -0.15) is 0 Å². The second kappa shape index (κ2) is 3.87. The number of halogens is 3. The van der Waals surface area contributed by atoms with Crippen molar-refractivity contribution in [2.45, 2.75) is 11.5 Å². The number of hydrogen-bond donors (Lipinski definition) is 2. The molecule has 0 fully saturated rings. The molecule has 0 aromatic carbocycles. The van der Waals surface area contributed by atoms with Crippen LogP contribution in [-0.2, 0) is 10.0 Å².